The molecule has 0 aromatic rings. The van der Waals surface area contributed by atoms with E-state index in [1.54, 1.807) is 0 Å². The molecule has 1 aliphatic heterocycles. The molecular weight excluding hydrogens is 174 g/mol. The summed E-state index contributed by atoms with van der Waals surface area (Å²) in [6, 6.07) is 0. The van der Waals surface area contributed by atoms with Crippen molar-refractivity contribution in [1.82, 2.24) is 9.80 Å². The van der Waals surface area contributed by atoms with Crippen LogP contribution < -0.4 is 5.73 Å². The first-order valence-corrected chi connectivity index (χ1v) is 5.89. The van der Waals surface area contributed by atoms with Crippen LogP contribution in [-0.2, 0) is 0 Å². The van der Waals surface area contributed by atoms with Gasteiger partial charge in [0.25, 0.3) is 0 Å². The molecule has 3 nitrogen and oxygen atoms in total. The van der Waals surface area contributed by atoms with E-state index in [2.05, 4.69) is 23.8 Å². The molecule has 2 aliphatic rings. The van der Waals surface area contributed by atoms with E-state index in [0.29, 0.717) is 0 Å². The van der Waals surface area contributed by atoms with Crippen molar-refractivity contribution >= 4 is 0 Å². The van der Waals surface area contributed by atoms with Crippen LogP contribution in [0.15, 0.2) is 0 Å². The molecule has 0 unspecified atom stereocenters. The molecule has 14 heavy (non-hydrogen) atoms. The Hall–Kier alpha value is -0.120. The second-order valence-corrected chi connectivity index (χ2v) is 4.97. The summed E-state index contributed by atoms with van der Waals surface area (Å²) in [5.74, 6) is 0.774. The molecule has 0 aromatic heterocycles. The van der Waals surface area contributed by atoms with E-state index in [0.717, 1.165) is 19.0 Å². The quantitative estimate of drug-likeness (QED) is 0.723. The smallest absolute Gasteiger partial charge is 0.0722 e. The Kier molecular flexibility index (Phi) is 2.82. The van der Waals surface area contributed by atoms with Crippen molar-refractivity contribution in [2.45, 2.75) is 31.8 Å². The predicted octanol–water partition coefficient (Wildman–Crippen LogP) is 0.709. The van der Waals surface area contributed by atoms with Gasteiger partial charge in [0, 0.05) is 26.2 Å². The SMILES string of the molecule is CCC[C@@H]1C[C@@]1(N)N1CCN(C)CC1. The second-order valence-electron chi connectivity index (χ2n) is 4.97. The molecule has 0 amide bonds. The standard InChI is InChI=1S/C11H23N3/c1-3-4-10-9-11(10,12)14-7-5-13(2)6-8-14/h10H,3-9,12H2,1-2H3/t10-,11-/m1/s1. The van der Waals surface area contributed by atoms with E-state index < -0.39 is 0 Å². The highest BCUT2D eigenvalue weighted by molar-refractivity contribution is 5.07. The van der Waals surface area contributed by atoms with Crippen molar-refractivity contribution in [3.8, 4) is 0 Å². The maximum atomic E-state index is 6.40. The predicted molar refractivity (Wildman–Crippen MR) is 59.0 cm³/mol. The van der Waals surface area contributed by atoms with Crippen molar-refractivity contribution in [3.63, 3.8) is 0 Å². The molecule has 0 aromatic carbocycles. The Morgan fingerprint density at radius 3 is 2.50 bits per heavy atom. The van der Waals surface area contributed by atoms with Crippen LogP contribution in [0.1, 0.15) is 26.2 Å². The van der Waals surface area contributed by atoms with Gasteiger partial charge in [-0.25, -0.2) is 0 Å². The van der Waals surface area contributed by atoms with E-state index in [9.17, 15) is 0 Å². The number of piperazine rings is 1. The topological polar surface area (TPSA) is 32.5 Å². The number of hydrogen-bond donors (Lipinski definition) is 1. The van der Waals surface area contributed by atoms with Crippen molar-refractivity contribution in [2.75, 3.05) is 33.2 Å². The molecule has 2 N–H and O–H groups in total. The van der Waals surface area contributed by atoms with Crippen LogP contribution in [0, 0.1) is 5.92 Å². The summed E-state index contributed by atoms with van der Waals surface area (Å²) < 4.78 is 0. The van der Waals surface area contributed by atoms with Crippen molar-refractivity contribution in [2.24, 2.45) is 11.7 Å². The summed E-state index contributed by atoms with van der Waals surface area (Å²) in [4.78, 5) is 4.89. The van der Waals surface area contributed by atoms with Gasteiger partial charge in [0.15, 0.2) is 0 Å². The molecule has 2 rings (SSSR count). The van der Waals surface area contributed by atoms with Gasteiger partial charge in [0.2, 0.25) is 0 Å². The van der Waals surface area contributed by atoms with Crippen LogP contribution in [-0.4, -0.2) is 48.7 Å². The third kappa shape index (κ3) is 1.81. The maximum Gasteiger partial charge on any atom is 0.0722 e. The Morgan fingerprint density at radius 2 is 1.93 bits per heavy atom. The van der Waals surface area contributed by atoms with E-state index >= 15 is 0 Å². The molecule has 1 saturated carbocycles. The van der Waals surface area contributed by atoms with Crippen LogP contribution in [0.2, 0.25) is 0 Å². The van der Waals surface area contributed by atoms with Gasteiger partial charge in [0.05, 0.1) is 5.66 Å². The number of hydrogen-bond acceptors (Lipinski definition) is 3. The Bertz CT molecular complexity index is 199. The average molecular weight is 197 g/mol. The number of nitrogens with two attached hydrogens (primary N) is 1. The molecule has 1 saturated heterocycles. The fourth-order valence-electron chi connectivity index (χ4n) is 2.65. The lowest BCUT2D eigenvalue weighted by atomic mass is 10.2. The van der Waals surface area contributed by atoms with Crippen LogP contribution >= 0.6 is 0 Å². The molecule has 3 heteroatoms. The normalized spacial score (nSPS) is 40.1. The van der Waals surface area contributed by atoms with Crippen LogP contribution in [0.3, 0.4) is 0 Å². The minimum absolute atomic E-state index is 0.0806. The first-order valence-electron chi connectivity index (χ1n) is 5.89. The van der Waals surface area contributed by atoms with Gasteiger partial charge >= 0.3 is 0 Å². The molecule has 1 aliphatic carbocycles. The van der Waals surface area contributed by atoms with Gasteiger partial charge in [0.1, 0.15) is 0 Å². The lowest BCUT2D eigenvalue weighted by Gasteiger charge is -2.37. The van der Waals surface area contributed by atoms with Gasteiger partial charge in [-0.3, -0.25) is 4.90 Å². The molecular formula is C11H23N3. The highest BCUT2D eigenvalue weighted by Gasteiger charge is 2.54. The van der Waals surface area contributed by atoms with Gasteiger partial charge < -0.3 is 10.6 Å². The summed E-state index contributed by atoms with van der Waals surface area (Å²) in [6.07, 6.45) is 3.81. The van der Waals surface area contributed by atoms with Crippen LogP contribution in [0.4, 0.5) is 0 Å². The second kappa shape index (κ2) is 3.80. The summed E-state index contributed by atoms with van der Waals surface area (Å²) in [5.41, 5.74) is 6.49. The minimum Gasteiger partial charge on any atom is -0.313 e. The van der Waals surface area contributed by atoms with E-state index in [1.807, 2.05) is 0 Å². The number of rotatable bonds is 3. The van der Waals surface area contributed by atoms with Crippen molar-refractivity contribution in [1.29, 1.82) is 0 Å². The lowest BCUT2D eigenvalue weighted by molar-refractivity contribution is 0.0918. The monoisotopic (exact) mass is 197 g/mol. The first kappa shape index (κ1) is 10.4. The zero-order valence-corrected chi connectivity index (χ0v) is 9.50. The van der Waals surface area contributed by atoms with Gasteiger partial charge in [-0.05, 0) is 25.8 Å². The fraction of sp³-hybridized carbons (Fsp3) is 1.00. The molecule has 0 radical (unpaired) electrons. The maximum absolute atomic E-state index is 6.40. The summed E-state index contributed by atoms with van der Waals surface area (Å²) in [5, 5.41) is 0. The Balaban J connectivity index is 1.84. The molecule has 1 heterocycles. The lowest BCUT2D eigenvalue weighted by Crippen LogP contribution is -2.54. The first-order chi connectivity index (χ1) is 6.66. The Labute approximate surface area is 87.2 Å². The van der Waals surface area contributed by atoms with Gasteiger partial charge in [-0.15, -0.1) is 0 Å². The molecule has 0 spiro atoms. The van der Waals surface area contributed by atoms with Crippen LogP contribution in [0.5, 0.6) is 0 Å². The summed E-state index contributed by atoms with van der Waals surface area (Å²) in [7, 11) is 2.19. The fourth-order valence-corrected chi connectivity index (χ4v) is 2.65. The summed E-state index contributed by atoms with van der Waals surface area (Å²) in [6.45, 7) is 6.93. The van der Waals surface area contributed by atoms with Gasteiger partial charge in [-0.2, -0.15) is 0 Å². The number of nitrogens with zero attached hydrogens (tertiary/aromatic N) is 2. The Morgan fingerprint density at radius 1 is 1.29 bits per heavy atom. The largest absolute Gasteiger partial charge is 0.313 e. The number of likely N-dealkylation sites (N-methyl/N-ethyl adjacent to an activating group) is 1. The van der Waals surface area contributed by atoms with Gasteiger partial charge in [-0.1, -0.05) is 13.3 Å². The highest BCUT2D eigenvalue weighted by Crippen LogP contribution is 2.46. The molecule has 82 valence electrons. The molecule has 2 fully saturated rings. The third-order valence-electron chi connectivity index (χ3n) is 3.85. The minimum atomic E-state index is 0.0806. The summed E-state index contributed by atoms with van der Waals surface area (Å²) >= 11 is 0. The zero-order chi connectivity index (χ0) is 10.2. The van der Waals surface area contributed by atoms with Crippen molar-refractivity contribution in [3.05, 3.63) is 0 Å². The highest BCUT2D eigenvalue weighted by atomic mass is 15.4. The van der Waals surface area contributed by atoms with E-state index in [1.165, 1.54) is 32.4 Å². The van der Waals surface area contributed by atoms with E-state index in [4.69, 9.17) is 5.73 Å². The molecule has 2 atom stereocenters. The van der Waals surface area contributed by atoms with Crippen LogP contribution in [0.25, 0.3) is 0 Å². The zero-order valence-electron chi connectivity index (χ0n) is 9.50. The van der Waals surface area contributed by atoms with E-state index in [-0.39, 0.29) is 5.66 Å². The molecule has 0 bridgehead atoms. The third-order valence-corrected chi connectivity index (χ3v) is 3.85. The average Bonchev–Trinajstić information content (AvgIpc) is 2.80. The van der Waals surface area contributed by atoms with Crippen molar-refractivity contribution < 1.29 is 0 Å².